The van der Waals surface area contributed by atoms with Gasteiger partial charge in [0.05, 0.1) is 7.11 Å². The second-order valence-corrected chi connectivity index (χ2v) is 4.46. The number of methoxy groups -OCH3 is 1. The maximum absolute atomic E-state index is 11.2. The minimum atomic E-state index is -0.363. The van der Waals surface area contributed by atoms with Crippen LogP contribution in [-0.4, -0.2) is 7.11 Å². The third-order valence-electron chi connectivity index (χ3n) is 2.71. The van der Waals surface area contributed by atoms with Gasteiger partial charge < -0.3 is 9.15 Å². The van der Waals surface area contributed by atoms with Crippen molar-refractivity contribution in [2.45, 2.75) is 20.3 Å². The molecule has 0 radical (unpaired) electrons. The molecule has 2 aromatic rings. The number of ether oxygens (including phenoxy) is 1. The summed E-state index contributed by atoms with van der Waals surface area (Å²) in [6.45, 7) is 4.13. The number of benzene rings is 1. The van der Waals surface area contributed by atoms with Gasteiger partial charge in [0.1, 0.15) is 0 Å². The van der Waals surface area contributed by atoms with Crippen molar-refractivity contribution in [3.05, 3.63) is 51.9 Å². The molecule has 1 aromatic carbocycles. The van der Waals surface area contributed by atoms with Gasteiger partial charge in [0.15, 0.2) is 11.3 Å². The molecule has 18 heavy (non-hydrogen) atoms. The molecule has 0 unspecified atom stereocenters. The van der Waals surface area contributed by atoms with Gasteiger partial charge in [0.2, 0.25) is 0 Å². The monoisotopic (exact) mass is 244 g/mol. The summed E-state index contributed by atoms with van der Waals surface area (Å²) in [4.78, 5) is 11.2. The molecule has 2 rings (SSSR count). The third-order valence-corrected chi connectivity index (χ3v) is 2.71. The SMILES string of the molecule is COc1cc(CC=C(C)C)cc2ccc(=O)oc12. The third kappa shape index (κ3) is 2.62. The number of hydrogen-bond acceptors (Lipinski definition) is 3. The quantitative estimate of drug-likeness (QED) is 0.614. The number of rotatable bonds is 3. The molecule has 94 valence electrons. The van der Waals surface area contributed by atoms with Crippen LogP contribution in [0, 0.1) is 0 Å². The van der Waals surface area contributed by atoms with E-state index < -0.39 is 0 Å². The highest BCUT2D eigenvalue weighted by atomic mass is 16.5. The van der Waals surface area contributed by atoms with Crippen molar-refractivity contribution in [3.63, 3.8) is 0 Å². The van der Waals surface area contributed by atoms with Gasteiger partial charge in [0.25, 0.3) is 0 Å². The van der Waals surface area contributed by atoms with E-state index in [2.05, 4.69) is 19.9 Å². The van der Waals surface area contributed by atoms with Crippen LogP contribution in [0.4, 0.5) is 0 Å². The summed E-state index contributed by atoms with van der Waals surface area (Å²) >= 11 is 0. The Kier molecular flexibility index (Phi) is 3.51. The molecule has 0 aliphatic heterocycles. The van der Waals surface area contributed by atoms with Crippen LogP contribution in [0.3, 0.4) is 0 Å². The summed E-state index contributed by atoms with van der Waals surface area (Å²) in [5.74, 6) is 0.599. The highest BCUT2D eigenvalue weighted by Crippen LogP contribution is 2.26. The molecular weight excluding hydrogens is 228 g/mol. The van der Waals surface area contributed by atoms with E-state index in [0.29, 0.717) is 11.3 Å². The Morgan fingerprint density at radius 2 is 2.11 bits per heavy atom. The molecule has 0 N–H and O–H groups in total. The van der Waals surface area contributed by atoms with Crippen LogP contribution in [0.5, 0.6) is 5.75 Å². The van der Waals surface area contributed by atoms with Crippen molar-refractivity contribution in [1.29, 1.82) is 0 Å². The van der Waals surface area contributed by atoms with Crippen molar-refractivity contribution < 1.29 is 9.15 Å². The van der Waals surface area contributed by atoms with Crippen molar-refractivity contribution in [3.8, 4) is 5.75 Å². The lowest BCUT2D eigenvalue weighted by Crippen LogP contribution is -1.97. The van der Waals surface area contributed by atoms with Gasteiger partial charge in [0, 0.05) is 11.5 Å². The Labute approximate surface area is 106 Å². The minimum Gasteiger partial charge on any atom is -0.493 e. The summed E-state index contributed by atoms with van der Waals surface area (Å²) in [6, 6.07) is 7.10. The maximum Gasteiger partial charge on any atom is 0.336 e. The van der Waals surface area contributed by atoms with E-state index in [0.717, 1.165) is 17.4 Å². The van der Waals surface area contributed by atoms with Crippen LogP contribution in [0.2, 0.25) is 0 Å². The summed E-state index contributed by atoms with van der Waals surface area (Å²) in [6.07, 6.45) is 2.99. The zero-order valence-electron chi connectivity index (χ0n) is 10.8. The molecule has 0 fully saturated rings. The average Bonchev–Trinajstić information content (AvgIpc) is 2.35. The van der Waals surface area contributed by atoms with Gasteiger partial charge in [-0.3, -0.25) is 0 Å². The Bertz CT molecular complexity index is 646. The van der Waals surface area contributed by atoms with E-state index in [-0.39, 0.29) is 5.63 Å². The van der Waals surface area contributed by atoms with Crippen molar-refractivity contribution in [1.82, 2.24) is 0 Å². The summed E-state index contributed by atoms with van der Waals surface area (Å²) in [5, 5.41) is 0.881. The number of fused-ring (bicyclic) bond motifs is 1. The van der Waals surface area contributed by atoms with E-state index >= 15 is 0 Å². The predicted octanol–water partition coefficient (Wildman–Crippen LogP) is 3.31. The Balaban J connectivity index is 2.56. The van der Waals surface area contributed by atoms with Crippen LogP contribution in [0.15, 0.2) is 45.1 Å². The molecule has 0 aliphatic carbocycles. The first kappa shape index (κ1) is 12.4. The van der Waals surface area contributed by atoms with Crippen LogP contribution >= 0.6 is 0 Å². The minimum absolute atomic E-state index is 0.363. The lowest BCUT2D eigenvalue weighted by atomic mass is 10.1. The Morgan fingerprint density at radius 3 is 2.78 bits per heavy atom. The van der Waals surface area contributed by atoms with Gasteiger partial charge in [-0.25, -0.2) is 4.79 Å². The molecule has 0 saturated heterocycles. The zero-order valence-corrected chi connectivity index (χ0v) is 10.8. The predicted molar refractivity (Wildman–Crippen MR) is 72.2 cm³/mol. The second kappa shape index (κ2) is 5.08. The molecule has 1 heterocycles. The molecule has 1 aromatic heterocycles. The first-order chi connectivity index (χ1) is 8.60. The molecule has 3 nitrogen and oxygen atoms in total. The lowest BCUT2D eigenvalue weighted by molar-refractivity contribution is 0.406. The van der Waals surface area contributed by atoms with E-state index in [1.165, 1.54) is 11.6 Å². The van der Waals surface area contributed by atoms with E-state index in [4.69, 9.17) is 9.15 Å². The van der Waals surface area contributed by atoms with Gasteiger partial charge >= 0.3 is 5.63 Å². The summed E-state index contributed by atoms with van der Waals surface area (Å²) in [7, 11) is 1.58. The van der Waals surface area contributed by atoms with Gasteiger partial charge in [-0.1, -0.05) is 11.6 Å². The second-order valence-electron chi connectivity index (χ2n) is 4.46. The fourth-order valence-corrected chi connectivity index (χ4v) is 1.80. The van der Waals surface area contributed by atoms with Gasteiger partial charge in [-0.2, -0.15) is 0 Å². The van der Waals surface area contributed by atoms with Crippen LogP contribution < -0.4 is 10.4 Å². The van der Waals surface area contributed by atoms with Gasteiger partial charge in [-0.05, 0) is 44.0 Å². The van der Waals surface area contributed by atoms with Crippen molar-refractivity contribution >= 4 is 11.0 Å². The first-order valence-corrected chi connectivity index (χ1v) is 5.84. The molecular formula is C15H16O3. The highest BCUT2D eigenvalue weighted by Gasteiger charge is 2.07. The fourth-order valence-electron chi connectivity index (χ4n) is 1.80. The molecule has 3 heteroatoms. The summed E-state index contributed by atoms with van der Waals surface area (Å²) < 4.78 is 10.4. The highest BCUT2D eigenvalue weighted by molar-refractivity contribution is 5.83. The molecule has 0 amide bonds. The van der Waals surface area contributed by atoms with Crippen LogP contribution in [0.1, 0.15) is 19.4 Å². The summed E-state index contributed by atoms with van der Waals surface area (Å²) in [5.41, 5.74) is 2.55. The van der Waals surface area contributed by atoms with Crippen molar-refractivity contribution in [2.75, 3.05) is 7.11 Å². The molecule has 0 spiro atoms. The smallest absolute Gasteiger partial charge is 0.336 e. The number of hydrogen-bond donors (Lipinski definition) is 0. The number of allylic oxidation sites excluding steroid dienone is 2. The Hall–Kier alpha value is -2.03. The van der Waals surface area contributed by atoms with E-state index in [9.17, 15) is 4.79 Å². The van der Waals surface area contributed by atoms with E-state index in [1.807, 2.05) is 12.1 Å². The van der Waals surface area contributed by atoms with Crippen LogP contribution in [-0.2, 0) is 6.42 Å². The first-order valence-electron chi connectivity index (χ1n) is 5.84. The lowest BCUT2D eigenvalue weighted by Gasteiger charge is -2.06. The zero-order chi connectivity index (χ0) is 13.1. The van der Waals surface area contributed by atoms with Crippen LogP contribution in [0.25, 0.3) is 11.0 Å². The topological polar surface area (TPSA) is 39.4 Å². The van der Waals surface area contributed by atoms with Gasteiger partial charge in [-0.15, -0.1) is 0 Å². The maximum atomic E-state index is 11.2. The Morgan fingerprint density at radius 1 is 1.33 bits per heavy atom. The standard InChI is InChI=1S/C15H16O3/c1-10(2)4-5-11-8-12-6-7-14(16)18-15(12)13(9-11)17-3/h4,6-9H,5H2,1-3H3. The fraction of sp³-hybridized carbons (Fsp3) is 0.267. The van der Waals surface area contributed by atoms with Crippen molar-refractivity contribution in [2.24, 2.45) is 0 Å². The molecule has 0 saturated carbocycles. The van der Waals surface area contributed by atoms with E-state index in [1.54, 1.807) is 13.2 Å². The molecule has 0 atom stereocenters. The molecule has 0 bridgehead atoms. The normalized spacial score (nSPS) is 10.4. The average molecular weight is 244 g/mol. The largest absolute Gasteiger partial charge is 0.493 e. The molecule has 0 aliphatic rings.